The molecule has 1 unspecified atom stereocenters. The van der Waals surface area contributed by atoms with Crippen molar-refractivity contribution >= 4 is 33.4 Å². The van der Waals surface area contributed by atoms with Crippen LogP contribution in [0.1, 0.15) is 5.56 Å². The number of nitrogens with zero attached hydrogens (tertiary/aromatic N) is 2. The minimum Gasteiger partial charge on any atom is -0.391 e. The van der Waals surface area contributed by atoms with Crippen LogP contribution in [-0.2, 0) is 10.0 Å². The first kappa shape index (κ1) is 21.9. The first-order chi connectivity index (χ1) is 13.2. The van der Waals surface area contributed by atoms with Crippen molar-refractivity contribution < 1.29 is 13.5 Å². The van der Waals surface area contributed by atoms with Crippen LogP contribution in [0, 0.1) is 0 Å². The molecule has 0 bridgehead atoms. The van der Waals surface area contributed by atoms with E-state index in [0.29, 0.717) is 16.9 Å². The third kappa shape index (κ3) is 5.09. The van der Waals surface area contributed by atoms with E-state index in [-0.39, 0.29) is 33.5 Å². The van der Waals surface area contributed by atoms with Crippen molar-refractivity contribution in [2.75, 3.05) is 18.0 Å². The van der Waals surface area contributed by atoms with Crippen molar-refractivity contribution in [1.82, 2.24) is 10.5 Å². The Kier molecular flexibility index (Phi) is 7.17. The number of anilines is 1. The molecule has 2 aromatic rings. The largest absolute Gasteiger partial charge is 0.391 e. The summed E-state index contributed by atoms with van der Waals surface area (Å²) in [5.41, 5.74) is 20.1. The lowest BCUT2D eigenvalue weighted by Gasteiger charge is -2.18. The second-order valence-electron chi connectivity index (χ2n) is 5.66. The maximum atomic E-state index is 12.4. The highest BCUT2D eigenvalue weighted by atomic mass is 32.2. The number of hydrazone groups is 1. The van der Waals surface area contributed by atoms with Crippen molar-refractivity contribution in [3.05, 3.63) is 36.0 Å². The zero-order chi connectivity index (χ0) is 20.9. The molecule has 1 aromatic heterocycles. The van der Waals surface area contributed by atoms with Gasteiger partial charge in [-0.05, 0) is 23.8 Å². The van der Waals surface area contributed by atoms with E-state index in [9.17, 15) is 13.5 Å². The Morgan fingerprint density at radius 1 is 1.32 bits per heavy atom. The molecule has 0 saturated carbocycles. The number of rotatable bonds is 8. The van der Waals surface area contributed by atoms with Gasteiger partial charge in [-0.3, -0.25) is 0 Å². The van der Waals surface area contributed by atoms with Gasteiger partial charge in [-0.2, -0.15) is 0 Å². The molecule has 13 heteroatoms. The Morgan fingerprint density at radius 3 is 2.57 bits per heavy atom. The summed E-state index contributed by atoms with van der Waals surface area (Å²) in [6.45, 7) is 0.0282. The zero-order valence-electron chi connectivity index (χ0n) is 14.7. The van der Waals surface area contributed by atoms with Crippen LogP contribution < -0.4 is 33.7 Å². The summed E-state index contributed by atoms with van der Waals surface area (Å²) in [6.07, 6.45) is 0.648. The van der Waals surface area contributed by atoms with E-state index in [4.69, 9.17) is 28.2 Å². The monoisotopic (exact) mass is 426 g/mol. The topological polar surface area (TPSA) is 222 Å². The number of sulfonamides is 1. The molecule has 0 saturated heterocycles. The Labute approximate surface area is 166 Å². The quantitative estimate of drug-likeness (QED) is 0.0848. The number of primary sulfonamides is 1. The fourth-order valence-electron chi connectivity index (χ4n) is 2.40. The van der Waals surface area contributed by atoms with Crippen LogP contribution in [0.25, 0.3) is 11.1 Å². The molecule has 0 aliphatic rings. The van der Waals surface area contributed by atoms with Gasteiger partial charge in [-0.15, -0.1) is 16.9 Å². The number of aliphatic hydroxyl groups is 1. The van der Waals surface area contributed by atoms with Crippen molar-refractivity contribution in [2.45, 2.75) is 15.9 Å². The molecule has 28 heavy (non-hydrogen) atoms. The maximum Gasteiger partial charge on any atom is 0.239 e. The number of pyridine rings is 1. The highest BCUT2D eigenvalue weighted by Crippen LogP contribution is 2.35. The number of hydrogen-bond donors (Lipinski definition) is 7. The molecule has 12 N–H and O–H groups in total. The summed E-state index contributed by atoms with van der Waals surface area (Å²) < 4.78 is 24.8. The summed E-state index contributed by atoms with van der Waals surface area (Å²) in [4.78, 5) is 4.05. The Balaban J connectivity index is 2.77. The second-order valence-corrected chi connectivity index (χ2v) is 8.22. The van der Waals surface area contributed by atoms with Gasteiger partial charge in [-0.25, -0.2) is 29.9 Å². The summed E-state index contributed by atoms with van der Waals surface area (Å²) in [5.74, 6) is 5.47. The standard InChI is InChI=1S/C15H22N8O3S2/c16-5-9(24)7-27-11-3-2-10(8-1-4-12(17)21-6-8)13(15(18)22-23-19)14(11)28(20,25)26/h1-4,6,9,23-24H,5,7,16,19H2,(H2,17,21)(H2,18,22)(H2,20,25,26). The van der Waals surface area contributed by atoms with Crippen molar-refractivity contribution in [3.63, 3.8) is 0 Å². The molecule has 0 spiro atoms. The predicted octanol–water partition coefficient (Wildman–Crippen LogP) is -1.53. The molecule has 0 aliphatic carbocycles. The van der Waals surface area contributed by atoms with Crippen LogP contribution in [0.15, 0.2) is 45.4 Å². The molecule has 0 amide bonds. The smallest absolute Gasteiger partial charge is 0.239 e. The van der Waals surface area contributed by atoms with E-state index in [1.54, 1.807) is 24.3 Å². The van der Waals surface area contributed by atoms with Crippen LogP contribution in [0.5, 0.6) is 0 Å². The zero-order valence-corrected chi connectivity index (χ0v) is 16.4. The molecule has 152 valence electrons. The SMILES string of the molecule is NCC(O)CSc1ccc(-c2ccc(N)nc2)c(/C(N)=N/NN)c1S(N)(=O)=O. The summed E-state index contributed by atoms with van der Waals surface area (Å²) in [5, 5.41) is 18.9. The molecular weight excluding hydrogens is 404 g/mol. The van der Waals surface area contributed by atoms with E-state index in [1.807, 2.05) is 5.53 Å². The van der Waals surface area contributed by atoms with E-state index in [1.165, 1.54) is 6.20 Å². The van der Waals surface area contributed by atoms with Gasteiger partial charge in [0.2, 0.25) is 10.0 Å². The van der Waals surface area contributed by atoms with Gasteiger partial charge in [0, 0.05) is 34.5 Å². The van der Waals surface area contributed by atoms with E-state index in [0.717, 1.165) is 11.8 Å². The van der Waals surface area contributed by atoms with Gasteiger partial charge in [0.15, 0.2) is 5.84 Å². The number of nitrogens with one attached hydrogen (secondary N) is 1. The number of nitrogen functional groups attached to an aromatic ring is 1. The first-order valence-electron chi connectivity index (χ1n) is 7.90. The highest BCUT2D eigenvalue weighted by molar-refractivity contribution is 8.00. The number of aromatic nitrogens is 1. The molecule has 1 atom stereocenters. The summed E-state index contributed by atoms with van der Waals surface area (Å²) >= 11 is 1.08. The van der Waals surface area contributed by atoms with Gasteiger partial charge in [0.05, 0.1) is 6.10 Å². The van der Waals surface area contributed by atoms with Crippen LogP contribution in [0.3, 0.4) is 0 Å². The summed E-state index contributed by atoms with van der Waals surface area (Å²) in [6, 6.07) is 6.42. The van der Waals surface area contributed by atoms with E-state index in [2.05, 4.69) is 10.1 Å². The third-order valence-corrected chi connectivity index (χ3v) is 5.97. The Hall–Kier alpha value is -2.42. The molecule has 11 nitrogen and oxygen atoms in total. The minimum absolute atomic E-state index is 0.0282. The van der Waals surface area contributed by atoms with E-state index < -0.39 is 16.1 Å². The lowest BCUT2D eigenvalue weighted by Crippen LogP contribution is -2.27. The molecule has 0 aliphatic heterocycles. The van der Waals surface area contributed by atoms with Crippen LogP contribution >= 0.6 is 11.8 Å². The molecule has 1 aromatic carbocycles. The number of hydrazine groups is 1. The second kappa shape index (κ2) is 9.18. The lowest BCUT2D eigenvalue weighted by atomic mass is 10.00. The lowest BCUT2D eigenvalue weighted by molar-refractivity contribution is 0.208. The summed E-state index contributed by atoms with van der Waals surface area (Å²) in [7, 11) is -4.23. The fourth-order valence-corrected chi connectivity index (χ4v) is 4.68. The first-order valence-corrected chi connectivity index (χ1v) is 10.4. The number of thioether (sulfide) groups is 1. The van der Waals surface area contributed by atoms with Crippen molar-refractivity contribution in [1.29, 1.82) is 0 Å². The van der Waals surface area contributed by atoms with Gasteiger partial charge in [0.25, 0.3) is 0 Å². The average molecular weight is 427 g/mol. The van der Waals surface area contributed by atoms with E-state index >= 15 is 0 Å². The molecule has 2 rings (SSSR count). The fraction of sp³-hybridized carbons (Fsp3) is 0.200. The Bertz CT molecular complexity index is 964. The molecule has 0 fully saturated rings. The number of aliphatic hydroxyl groups excluding tert-OH is 1. The van der Waals surface area contributed by atoms with Crippen LogP contribution in [0.4, 0.5) is 5.82 Å². The van der Waals surface area contributed by atoms with Crippen LogP contribution in [-0.4, -0.2) is 42.7 Å². The van der Waals surface area contributed by atoms with Gasteiger partial charge in [-0.1, -0.05) is 6.07 Å². The maximum absolute atomic E-state index is 12.4. The van der Waals surface area contributed by atoms with Crippen molar-refractivity contribution in [3.8, 4) is 11.1 Å². The number of amidine groups is 1. The minimum atomic E-state index is -4.23. The number of benzene rings is 1. The number of nitrogens with two attached hydrogens (primary N) is 5. The molecule has 1 heterocycles. The van der Waals surface area contributed by atoms with Crippen molar-refractivity contribution in [2.24, 2.45) is 27.6 Å². The normalized spacial score (nSPS) is 13.4. The molecular formula is C15H22N8O3S2. The van der Waals surface area contributed by atoms with Gasteiger partial charge < -0.3 is 22.3 Å². The van der Waals surface area contributed by atoms with Crippen LogP contribution in [0.2, 0.25) is 0 Å². The van der Waals surface area contributed by atoms with Gasteiger partial charge >= 0.3 is 0 Å². The number of hydrogen-bond acceptors (Lipinski definition) is 10. The van der Waals surface area contributed by atoms with Gasteiger partial charge in [0.1, 0.15) is 10.7 Å². The Morgan fingerprint density at radius 2 is 2.04 bits per heavy atom. The third-order valence-electron chi connectivity index (χ3n) is 3.65. The molecule has 0 radical (unpaired) electrons. The predicted molar refractivity (Wildman–Crippen MR) is 109 cm³/mol. The highest BCUT2D eigenvalue weighted by Gasteiger charge is 2.26. The average Bonchev–Trinajstić information content (AvgIpc) is 2.65.